The third-order valence-corrected chi connectivity index (χ3v) is 9.84. The predicted octanol–water partition coefficient (Wildman–Crippen LogP) is 12.9. The van der Waals surface area contributed by atoms with Gasteiger partial charge in [-0.25, -0.2) is 0 Å². The van der Waals surface area contributed by atoms with Gasteiger partial charge in [0.15, 0.2) is 0 Å². The van der Waals surface area contributed by atoms with E-state index in [1.165, 1.54) is 77.7 Å². The molecule has 0 unspecified atom stereocenters. The van der Waals surface area contributed by atoms with Crippen molar-refractivity contribution in [3.63, 3.8) is 0 Å². The van der Waals surface area contributed by atoms with Crippen LogP contribution >= 0.6 is 0 Å². The van der Waals surface area contributed by atoms with Gasteiger partial charge in [0.25, 0.3) is 0 Å². The fourth-order valence-corrected chi connectivity index (χ4v) is 7.25. The first-order chi connectivity index (χ1) is 24.6. The molecular formula is C48H36N2. The Balaban J connectivity index is 1.31. The summed E-state index contributed by atoms with van der Waals surface area (Å²) in [6, 6.07) is 66.4. The van der Waals surface area contributed by atoms with Gasteiger partial charge in [0.05, 0.1) is 22.4 Å². The van der Waals surface area contributed by atoms with Gasteiger partial charge in [0.2, 0.25) is 0 Å². The van der Waals surface area contributed by atoms with Crippen LogP contribution in [0.2, 0.25) is 0 Å². The van der Waals surface area contributed by atoms with Gasteiger partial charge in [0.1, 0.15) is 0 Å². The lowest BCUT2D eigenvalue weighted by Gasteiger charge is -2.14. The van der Waals surface area contributed by atoms with E-state index in [-0.39, 0.29) is 0 Å². The SMILES string of the molecule is Cc1ccc(-c2cc3cc4c(cc(-c5ccc(C)cc5)n4-c4cccc(-c5ccccc5)c4)cc3n2-c2cccc(-c3ccccc3)c2)cc1. The predicted molar refractivity (Wildman–Crippen MR) is 211 cm³/mol. The largest absolute Gasteiger partial charge is 0.309 e. The summed E-state index contributed by atoms with van der Waals surface area (Å²) in [4.78, 5) is 0. The van der Waals surface area contributed by atoms with Crippen LogP contribution in [0.1, 0.15) is 11.1 Å². The van der Waals surface area contributed by atoms with Crippen LogP contribution in [0.15, 0.2) is 182 Å². The summed E-state index contributed by atoms with van der Waals surface area (Å²) in [6.07, 6.45) is 0. The molecule has 0 saturated heterocycles. The molecule has 2 nitrogen and oxygen atoms in total. The zero-order chi connectivity index (χ0) is 33.6. The summed E-state index contributed by atoms with van der Waals surface area (Å²) < 4.78 is 4.87. The monoisotopic (exact) mass is 640 g/mol. The molecule has 0 bridgehead atoms. The summed E-state index contributed by atoms with van der Waals surface area (Å²) in [6.45, 7) is 4.29. The lowest BCUT2D eigenvalue weighted by atomic mass is 10.0. The Labute approximate surface area is 293 Å². The highest BCUT2D eigenvalue weighted by molar-refractivity contribution is 6.02. The van der Waals surface area contributed by atoms with E-state index in [2.05, 4.69) is 205 Å². The Kier molecular flexibility index (Phi) is 7.29. The molecule has 2 heterocycles. The van der Waals surface area contributed by atoms with Gasteiger partial charge in [0, 0.05) is 22.1 Å². The van der Waals surface area contributed by atoms with Gasteiger partial charge in [-0.05, 0) is 95.8 Å². The summed E-state index contributed by atoms with van der Waals surface area (Å²) in [5, 5.41) is 2.40. The van der Waals surface area contributed by atoms with Crippen molar-refractivity contribution in [2.45, 2.75) is 13.8 Å². The van der Waals surface area contributed by atoms with Crippen molar-refractivity contribution in [1.82, 2.24) is 9.13 Å². The topological polar surface area (TPSA) is 9.86 Å². The summed E-state index contributed by atoms with van der Waals surface area (Å²) in [5.41, 5.74) is 16.7. The molecular weight excluding hydrogens is 605 g/mol. The van der Waals surface area contributed by atoms with E-state index in [9.17, 15) is 0 Å². The minimum Gasteiger partial charge on any atom is -0.309 e. The number of nitrogens with zero attached hydrogens (tertiary/aromatic N) is 2. The van der Waals surface area contributed by atoms with Crippen LogP contribution in [0.25, 0.3) is 77.9 Å². The standard InChI is InChI=1S/C48H36N2/c1-33-19-23-37(24-20-33)45-29-41-31-48-42(32-47(41)49(45)43-17-9-15-39(27-43)35-11-5-3-6-12-35)30-46(38-25-21-34(2)22-26-38)50(48)44-18-10-16-40(28-44)36-13-7-4-8-14-36/h3-32H,1-2H3. The molecule has 0 fully saturated rings. The molecule has 238 valence electrons. The number of aryl methyl sites for hydroxylation is 2. The first-order valence-corrected chi connectivity index (χ1v) is 17.3. The first-order valence-electron chi connectivity index (χ1n) is 17.3. The maximum absolute atomic E-state index is 2.44. The zero-order valence-corrected chi connectivity index (χ0v) is 28.2. The number of rotatable bonds is 6. The number of aromatic nitrogens is 2. The van der Waals surface area contributed by atoms with Crippen LogP contribution in [0, 0.1) is 13.8 Å². The molecule has 0 aliphatic rings. The van der Waals surface area contributed by atoms with E-state index in [1.807, 2.05) is 0 Å². The number of hydrogen-bond donors (Lipinski definition) is 0. The molecule has 0 aliphatic heterocycles. The number of hydrogen-bond acceptors (Lipinski definition) is 0. The van der Waals surface area contributed by atoms with E-state index < -0.39 is 0 Å². The third-order valence-electron chi connectivity index (χ3n) is 9.84. The lowest BCUT2D eigenvalue weighted by molar-refractivity contribution is 1.13. The molecule has 0 N–H and O–H groups in total. The fourth-order valence-electron chi connectivity index (χ4n) is 7.25. The molecule has 2 aromatic heterocycles. The summed E-state index contributed by atoms with van der Waals surface area (Å²) in [5.74, 6) is 0. The number of fused-ring (bicyclic) bond motifs is 2. The second-order valence-corrected chi connectivity index (χ2v) is 13.3. The van der Waals surface area contributed by atoms with Crippen molar-refractivity contribution in [3.05, 3.63) is 193 Å². The second kappa shape index (κ2) is 12.3. The van der Waals surface area contributed by atoms with Crippen LogP contribution in [0.5, 0.6) is 0 Å². The minimum absolute atomic E-state index is 1.14. The molecule has 0 radical (unpaired) electrons. The van der Waals surface area contributed by atoms with Crippen molar-refractivity contribution in [3.8, 4) is 56.1 Å². The molecule has 50 heavy (non-hydrogen) atoms. The molecule has 2 heteroatoms. The highest BCUT2D eigenvalue weighted by Crippen LogP contribution is 2.39. The Morgan fingerprint density at radius 2 is 0.680 bits per heavy atom. The Morgan fingerprint density at radius 3 is 1.08 bits per heavy atom. The van der Waals surface area contributed by atoms with Gasteiger partial charge >= 0.3 is 0 Å². The lowest BCUT2D eigenvalue weighted by Crippen LogP contribution is -1.98. The van der Waals surface area contributed by atoms with Crippen LogP contribution < -0.4 is 0 Å². The van der Waals surface area contributed by atoms with E-state index in [0.717, 1.165) is 11.4 Å². The van der Waals surface area contributed by atoms with Crippen molar-refractivity contribution in [2.24, 2.45) is 0 Å². The number of benzene rings is 7. The van der Waals surface area contributed by atoms with Gasteiger partial charge in [-0.15, -0.1) is 0 Å². The summed E-state index contributed by atoms with van der Waals surface area (Å²) in [7, 11) is 0. The maximum atomic E-state index is 2.44. The van der Waals surface area contributed by atoms with Gasteiger partial charge < -0.3 is 9.13 Å². The maximum Gasteiger partial charge on any atom is 0.0542 e. The smallest absolute Gasteiger partial charge is 0.0542 e. The average Bonchev–Trinajstić information content (AvgIpc) is 3.73. The van der Waals surface area contributed by atoms with Crippen molar-refractivity contribution in [1.29, 1.82) is 0 Å². The zero-order valence-electron chi connectivity index (χ0n) is 28.2. The van der Waals surface area contributed by atoms with E-state index in [1.54, 1.807) is 0 Å². The van der Waals surface area contributed by atoms with Crippen molar-refractivity contribution < 1.29 is 0 Å². The molecule has 0 atom stereocenters. The third kappa shape index (κ3) is 5.32. The minimum atomic E-state index is 1.14. The first kappa shape index (κ1) is 29.7. The highest BCUT2D eigenvalue weighted by atomic mass is 15.0. The average molecular weight is 641 g/mol. The molecule has 7 aromatic carbocycles. The van der Waals surface area contributed by atoms with Gasteiger partial charge in [-0.2, -0.15) is 0 Å². The normalized spacial score (nSPS) is 11.4. The molecule has 9 rings (SSSR count). The molecule has 0 saturated carbocycles. The van der Waals surface area contributed by atoms with E-state index >= 15 is 0 Å². The van der Waals surface area contributed by atoms with E-state index in [0.29, 0.717) is 0 Å². The Morgan fingerprint density at radius 1 is 0.300 bits per heavy atom. The Bertz CT molecular complexity index is 2430. The molecule has 0 spiro atoms. The van der Waals surface area contributed by atoms with Crippen LogP contribution in [-0.4, -0.2) is 9.13 Å². The quantitative estimate of drug-likeness (QED) is 0.171. The van der Waals surface area contributed by atoms with Crippen molar-refractivity contribution in [2.75, 3.05) is 0 Å². The molecule has 0 aliphatic carbocycles. The second-order valence-electron chi connectivity index (χ2n) is 13.3. The van der Waals surface area contributed by atoms with Crippen LogP contribution in [0.3, 0.4) is 0 Å². The van der Waals surface area contributed by atoms with Crippen molar-refractivity contribution >= 4 is 21.8 Å². The van der Waals surface area contributed by atoms with Gasteiger partial charge in [-0.3, -0.25) is 0 Å². The van der Waals surface area contributed by atoms with Crippen LogP contribution in [0.4, 0.5) is 0 Å². The highest BCUT2D eigenvalue weighted by Gasteiger charge is 2.19. The fraction of sp³-hybridized carbons (Fsp3) is 0.0417. The Hall–Kier alpha value is -6.38. The molecule has 0 amide bonds. The summed E-state index contributed by atoms with van der Waals surface area (Å²) >= 11 is 0. The van der Waals surface area contributed by atoms with Gasteiger partial charge in [-0.1, -0.05) is 145 Å². The molecule has 9 aromatic rings. The van der Waals surface area contributed by atoms with Crippen LogP contribution in [-0.2, 0) is 0 Å². The van der Waals surface area contributed by atoms with E-state index in [4.69, 9.17) is 0 Å².